The number of imidazole rings is 1. The first-order valence-electron chi connectivity index (χ1n) is 8.11. The maximum absolute atomic E-state index is 4.62. The molecule has 1 aromatic heterocycles. The van der Waals surface area contributed by atoms with Crippen molar-refractivity contribution in [2.45, 2.75) is 59.5 Å². The molecule has 114 valence electrons. The molecule has 0 radical (unpaired) electrons. The standard InChI is InChI=1S/C16H30N4/c1-5-6-8-17-16-18-14(4)10-20(16)12-15-7-9-19(11-15)13(2)3/h10,13,15H,5-9,11-12H2,1-4H3,(H,17,18). The van der Waals surface area contributed by atoms with Gasteiger partial charge in [-0.2, -0.15) is 0 Å². The van der Waals surface area contributed by atoms with E-state index in [1.165, 1.54) is 32.4 Å². The van der Waals surface area contributed by atoms with Gasteiger partial charge in [-0.05, 0) is 46.1 Å². The lowest BCUT2D eigenvalue weighted by molar-refractivity contribution is 0.261. The molecule has 1 aromatic rings. The van der Waals surface area contributed by atoms with Crippen molar-refractivity contribution in [2.24, 2.45) is 5.92 Å². The van der Waals surface area contributed by atoms with Gasteiger partial charge < -0.3 is 14.8 Å². The first-order chi connectivity index (χ1) is 9.60. The van der Waals surface area contributed by atoms with E-state index in [1.807, 2.05) is 0 Å². The first-order valence-corrected chi connectivity index (χ1v) is 8.11. The lowest BCUT2D eigenvalue weighted by atomic mass is 10.1. The minimum absolute atomic E-state index is 0.673. The Hall–Kier alpha value is -1.03. The van der Waals surface area contributed by atoms with Gasteiger partial charge in [-0.15, -0.1) is 0 Å². The van der Waals surface area contributed by atoms with Crippen molar-refractivity contribution in [3.8, 4) is 0 Å². The SMILES string of the molecule is CCCCNc1nc(C)cn1CC1CCN(C(C)C)C1. The molecule has 0 aromatic carbocycles. The Morgan fingerprint density at radius 1 is 1.45 bits per heavy atom. The largest absolute Gasteiger partial charge is 0.356 e. The smallest absolute Gasteiger partial charge is 0.203 e. The lowest BCUT2D eigenvalue weighted by Gasteiger charge is -2.20. The van der Waals surface area contributed by atoms with Crippen molar-refractivity contribution in [1.29, 1.82) is 0 Å². The lowest BCUT2D eigenvalue weighted by Crippen LogP contribution is -2.28. The highest BCUT2D eigenvalue weighted by atomic mass is 15.2. The van der Waals surface area contributed by atoms with Crippen molar-refractivity contribution < 1.29 is 0 Å². The molecule has 1 aliphatic heterocycles. The summed E-state index contributed by atoms with van der Waals surface area (Å²) in [6.07, 6.45) is 5.92. The van der Waals surface area contributed by atoms with Crippen LogP contribution in [-0.4, -0.2) is 40.1 Å². The van der Waals surface area contributed by atoms with Crippen LogP contribution in [0.5, 0.6) is 0 Å². The van der Waals surface area contributed by atoms with Gasteiger partial charge in [0, 0.05) is 31.9 Å². The van der Waals surface area contributed by atoms with E-state index in [0.717, 1.165) is 30.6 Å². The molecule has 4 heteroatoms. The van der Waals surface area contributed by atoms with E-state index in [1.54, 1.807) is 0 Å². The zero-order chi connectivity index (χ0) is 14.5. The molecule has 1 N–H and O–H groups in total. The Morgan fingerprint density at radius 2 is 2.25 bits per heavy atom. The van der Waals surface area contributed by atoms with Gasteiger partial charge in [0.2, 0.25) is 5.95 Å². The number of anilines is 1. The molecule has 1 aliphatic rings. The summed E-state index contributed by atoms with van der Waals surface area (Å²) in [5, 5.41) is 3.48. The molecule has 4 nitrogen and oxygen atoms in total. The van der Waals surface area contributed by atoms with Crippen LogP contribution < -0.4 is 5.32 Å². The summed E-state index contributed by atoms with van der Waals surface area (Å²) in [6, 6.07) is 0.673. The summed E-state index contributed by atoms with van der Waals surface area (Å²) >= 11 is 0. The van der Waals surface area contributed by atoms with E-state index in [0.29, 0.717) is 6.04 Å². The fourth-order valence-electron chi connectivity index (χ4n) is 2.96. The maximum atomic E-state index is 4.62. The summed E-state index contributed by atoms with van der Waals surface area (Å²) in [5.74, 6) is 1.82. The van der Waals surface area contributed by atoms with Gasteiger partial charge >= 0.3 is 0 Å². The summed E-state index contributed by atoms with van der Waals surface area (Å²) in [6.45, 7) is 13.5. The van der Waals surface area contributed by atoms with E-state index < -0.39 is 0 Å². The molecule has 1 atom stereocenters. The summed E-state index contributed by atoms with van der Waals surface area (Å²) in [7, 11) is 0. The summed E-state index contributed by atoms with van der Waals surface area (Å²) in [5.41, 5.74) is 1.11. The van der Waals surface area contributed by atoms with E-state index in [4.69, 9.17) is 0 Å². The van der Waals surface area contributed by atoms with Crippen molar-refractivity contribution >= 4 is 5.95 Å². The highest BCUT2D eigenvalue weighted by Gasteiger charge is 2.25. The number of hydrogen-bond donors (Lipinski definition) is 1. The van der Waals surface area contributed by atoms with Crippen molar-refractivity contribution in [1.82, 2.24) is 14.5 Å². The number of likely N-dealkylation sites (tertiary alicyclic amines) is 1. The molecule has 0 bridgehead atoms. The van der Waals surface area contributed by atoms with Gasteiger partial charge in [0.25, 0.3) is 0 Å². The first kappa shape index (κ1) is 15.4. The summed E-state index contributed by atoms with van der Waals surface area (Å²) < 4.78 is 2.32. The molecule has 2 heterocycles. The van der Waals surface area contributed by atoms with Crippen LogP contribution in [0.25, 0.3) is 0 Å². The second-order valence-corrected chi connectivity index (χ2v) is 6.38. The average molecular weight is 278 g/mol. The molecule has 2 rings (SSSR count). The Morgan fingerprint density at radius 3 is 2.90 bits per heavy atom. The van der Waals surface area contributed by atoms with Gasteiger partial charge in [-0.3, -0.25) is 0 Å². The molecular formula is C16H30N4. The highest BCUT2D eigenvalue weighted by Crippen LogP contribution is 2.22. The predicted molar refractivity (Wildman–Crippen MR) is 85.2 cm³/mol. The zero-order valence-corrected chi connectivity index (χ0v) is 13.5. The van der Waals surface area contributed by atoms with Crippen LogP contribution in [0.3, 0.4) is 0 Å². The van der Waals surface area contributed by atoms with Crippen molar-refractivity contribution in [3.63, 3.8) is 0 Å². The topological polar surface area (TPSA) is 33.1 Å². The molecular weight excluding hydrogens is 248 g/mol. The Kier molecular flexibility index (Phi) is 5.46. The van der Waals surface area contributed by atoms with Crippen molar-refractivity contribution in [2.75, 3.05) is 25.0 Å². The van der Waals surface area contributed by atoms with Crippen LogP contribution in [0.1, 0.15) is 45.7 Å². The number of rotatable bonds is 7. The van der Waals surface area contributed by atoms with Crippen LogP contribution >= 0.6 is 0 Å². The number of unbranched alkanes of at least 4 members (excludes halogenated alkanes) is 1. The van der Waals surface area contributed by atoms with Crippen LogP contribution in [0, 0.1) is 12.8 Å². The van der Waals surface area contributed by atoms with E-state index >= 15 is 0 Å². The molecule has 0 aliphatic carbocycles. The fraction of sp³-hybridized carbons (Fsp3) is 0.812. The highest BCUT2D eigenvalue weighted by molar-refractivity contribution is 5.28. The van der Waals surface area contributed by atoms with Crippen molar-refractivity contribution in [3.05, 3.63) is 11.9 Å². The number of aromatic nitrogens is 2. The van der Waals surface area contributed by atoms with E-state index in [-0.39, 0.29) is 0 Å². The van der Waals surface area contributed by atoms with Gasteiger partial charge in [-0.1, -0.05) is 13.3 Å². The molecule has 1 fully saturated rings. The minimum atomic E-state index is 0.673. The third-order valence-electron chi connectivity index (χ3n) is 4.21. The average Bonchev–Trinajstić information content (AvgIpc) is 2.98. The van der Waals surface area contributed by atoms with Gasteiger partial charge in [0.05, 0.1) is 5.69 Å². The monoisotopic (exact) mass is 278 g/mol. The predicted octanol–water partition coefficient (Wildman–Crippen LogP) is 3.13. The van der Waals surface area contributed by atoms with Crippen LogP contribution in [0.15, 0.2) is 6.20 Å². The molecule has 1 saturated heterocycles. The quantitative estimate of drug-likeness (QED) is 0.778. The normalized spacial score (nSPS) is 19.9. The van der Waals surface area contributed by atoms with Crippen LogP contribution in [0.2, 0.25) is 0 Å². The second-order valence-electron chi connectivity index (χ2n) is 6.38. The number of nitrogens with one attached hydrogen (secondary N) is 1. The third-order valence-corrected chi connectivity index (χ3v) is 4.21. The van der Waals surface area contributed by atoms with Gasteiger partial charge in [0.15, 0.2) is 0 Å². The second kappa shape index (κ2) is 7.11. The fourth-order valence-corrected chi connectivity index (χ4v) is 2.96. The maximum Gasteiger partial charge on any atom is 0.203 e. The van der Waals surface area contributed by atoms with Gasteiger partial charge in [-0.25, -0.2) is 4.98 Å². The zero-order valence-electron chi connectivity index (χ0n) is 13.5. The Labute approximate surface area is 123 Å². The van der Waals surface area contributed by atoms with Crippen LogP contribution in [-0.2, 0) is 6.54 Å². The Balaban J connectivity index is 1.92. The van der Waals surface area contributed by atoms with Crippen LogP contribution in [0.4, 0.5) is 5.95 Å². The molecule has 20 heavy (non-hydrogen) atoms. The molecule has 0 spiro atoms. The number of nitrogens with zero attached hydrogens (tertiary/aromatic N) is 3. The third kappa shape index (κ3) is 3.98. The van der Waals surface area contributed by atoms with E-state index in [2.05, 4.69) is 53.7 Å². The molecule has 1 unspecified atom stereocenters. The minimum Gasteiger partial charge on any atom is -0.356 e. The van der Waals surface area contributed by atoms with Gasteiger partial charge in [0.1, 0.15) is 0 Å². The number of hydrogen-bond acceptors (Lipinski definition) is 3. The van der Waals surface area contributed by atoms with E-state index in [9.17, 15) is 0 Å². The molecule has 0 amide bonds. The number of aryl methyl sites for hydroxylation is 1. The molecule has 0 saturated carbocycles. The summed E-state index contributed by atoms with van der Waals surface area (Å²) in [4.78, 5) is 7.20. The Bertz CT molecular complexity index is 411.